The van der Waals surface area contributed by atoms with E-state index >= 15 is 0 Å². The van der Waals surface area contributed by atoms with Crippen molar-refractivity contribution in [3.05, 3.63) is 57.1 Å². The average molecular weight is 383 g/mol. The van der Waals surface area contributed by atoms with Crippen molar-refractivity contribution < 1.29 is 4.42 Å². The van der Waals surface area contributed by atoms with Crippen LogP contribution in [0.2, 0.25) is 5.02 Å². The first kappa shape index (κ1) is 12.6. The summed E-state index contributed by atoms with van der Waals surface area (Å²) in [5.41, 5.74) is 1.77. The van der Waals surface area contributed by atoms with Crippen molar-refractivity contribution in [1.82, 2.24) is 10.2 Å². The Morgan fingerprint density at radius 2 is 1.58 bits per heavy atom. The fourth-order valence-corrected chi connectivity index (χ4v) is 2.34. The van der Waals surface area contributed by atoms with Crippen LogP contribution in [-0.4, -0.2) is 10.2 Å². The van der Waals surface area contributed by atoms with Crippen LogP contribution < -0.4 is 0 Å². The van der Waals surface area contributed by atoms with Crippen LogP contribution in [0.15, 0.2) is 52.9 Å². The summed E-state index contributed by atoms with van der Waals surface area (Å²) in [6.45, 7) is 0. The van der Waals surface area contributed by atoms with Crippen molar-refractivity contribution in [2.45, 2.75) is 0 Å². The minimum atomic E-state index is 0.491. The molecule has 0 spiro atoms. The Morgan fingerprint density at radius 1 is 0.895 bits per heavy atom. The molecule has 1 aromatic heterocycles. The van der Waals surface area contributed by atoms with Crippen molar-refractivity contribution in [3.8, 4) is 22.9 Å². The lowest BCUT2D eigenvalue weighted by atomic mass is 10.2. The Labute approximate surface area is 128 Å². The van der Waals surface area contributed by atoms with Gasteiger partial charge in [-0.3, -0.25) is 0 Å². The van der Waals surface area contributed by atoms with Gasteiger partial charge in [0.25, 0.3) is 0 Å². The van der Waals surface area contributed by atoms with E-state index in [0.717, 1.165) is 14.7 Å². The molecule has 3 rings (SSSR count). The summed E-state index contributed by atoms with van der Waals surface area (Å²) >= 11 is 8.10. The van der Waals surface area contributed by atoms with Gasteiger partial charge in [-0.25, -0.2) is 0 Å². The highest BCUT2D eigenvalue weighted by molar-refractivity contribution is 14.1. The van der Waals surface area contributed by atoms with E-state index in [9.17, 15) is 0 Å². The number of hydrogen-bond donors (Lipinski definition) is 0. The molecule has 0 aliphatic carbocycles. The minimum absolute atomic E-state index is 0.491. The third-order valence-electron chi connectivity index (χ3n) is 2.59. The number of benzene rings is 2. The van der Waals surface area contributed by atoms with Crippen LogP contribution in [0.25, 0.3) is 22.9 Å². The fourth-order valence-electron chi connectivity index (χ4n) is 1.67. The molecule has 0 unspecified atom stereocenters. The Bertz CT molecular complexity index is 709. The molecular weight excluding hydrogens is 375 g/mol. The molecule has 0 saturated heterocycles. The quantitative estimate of drug-likeness (QED) is 0.605. The van der Waals surface area contributed by atoms with Crippen LogP contribution in [0.1, 0.15) is 0 Å². The van der Waals surface area contributed by atoms with Gasteiger partial charge in [0.15, 0.2) is 0 Å². The summed E-state index contributed by atoms with van der Waals surface area (Å²) in [5, 5.41) is 8.81. The summed E-state index contributed by atoms with van der Waals surface area (Å²) in [6, 6.07) is 15.2. The first-order valence-corrected chi connectivity index (χ1v) is 7.03. The van der Waals surface area contributed by atoms with Gasteiger partial charge in [0.05, 0.1) is 0 Å². The molecule has 0 amide bonds. The van der Waals surface area contributed by atoms with Crippen molar-refractivity contribution >= 4 is 34.2 Å². The van der Waals surface area contributed by atoms with Gasteiger partial charge in [-0.2, -0.15) is 0 Å². The molecule has 3 aromatic rings. The molecular formula is C14H8ClIN2O. The monoisotopic (exact) mass is 382 g/mol. The highest BCUT2D eigenvalue weighted by Gasteiger charge is 2.10. The van der Waals surface area contributed by atoms with Gasteiger partial charge in [-0.15, -0.1) is 10.2 Å². The molecule has 5 heteroatoms. The van der Waals surface area contributed by atoms with Gasteiger partial charge in [-0.05, 0) is 65.1 Å². The van der Waals surface area contributed by atoms with Crippen LogP contribution in [0.4, 0.5) is 0 Å². The van der Waals surface area contributed by atoms with Gasteiger partial charge in [-0.1, -0.05) is 17.7 Å². The smallest absolute Gasteiger partial charge is 0.248 e. The molecule has 3 nitrogen and oxygen atoms in total. The maximum atomic E-state index is 5.85. The van der Waals surface area contributed by atoms with Gasteiger partial charge in [0, 0.05) is 19.7 Å². The number of rotatable bonds is 2. The van der Waals surface area contributed by atoms with E-state index < -0.39 is 0 Å². The van der Waals surface area contributed by atoms with Crippen LogP contribution in [0.5, 0.6) is 0 Å². The molecule has 94 valence electrons. The number of aromatic nitrogens is 2. The maximum absolute atomic E-state index is 5.85. The van der Waals surface area contributed by atoms with Gasteiger partial charge in [0.1, 0.15) is 0 Å². The molecule has 2 aromatic carbocycles. The molecule has 0 saturated carbocycles. The third kappa shape index (κ3) is 2.79. The lowest BCUT2D eigenvalue weighted by Crippen LogP contribution is -1.78. The Balaban J connectivity index is 1.97. The molecule has 0 aliphatic heterocycles. The van der Waals surface area contributed by atoms with E-state index in [1.807, 2.05) is 36.4 Å². The molecule has 19 heavy (non-hydrogen) atoms. The van der Waals surface area contributed by atoms with Crippen LogP contribution >= 0.6 is 34.2 Å². The van der Waals surface area contributed by atoms with Gasteiger partial charge < -0.3 is 4.42 Å². The lowest BCUT2D eigenvalue weighted by molar-refractivity contribution is 0.584. The van der Waals surface area contributed by atoms with Crippen molar-refractivity contribution in [2.75, 3.05) is 0 Å². The number of hydrogen-bond acceptors (Lipinski definition) is 3. The summed E-state index contributed by atoms with van der Waals surface area (Å²) < 4.78 is 6.81. The van der Waals surface area contributed by atoms with E-state index in [-0.39, 0.29) is 0 Å². The standard InChI is InChI=1S/C14H8ClIN2O/c15-11-6-4-9(5-7-11)13-17-18-14(19-13)10-2-1-3-12(16)8-10/h1-8H. The normalized spacial score (nSPS) is 10.6. The van der Waals surface area contributed by atoms with Gasteiger partial charge in [0.2, 0.25) is 11.8 Å². The summed E-state index contributed by atoms with van der Waals surface area (Å²) in [7, 11) is 0. The zero-order valence-corrected chi connectivity index (χ0v) is 12.6. The Hall–Kier alpha value is -1.40. The molecule has 0 N–H and O–H groups in total. The number of nitrogens with zero attached hydrogens (tertiary/aromatic N) is 2. The second-order valence-electron chi connectivity index (χ2n) is 3.93. The summed E-state index contributed by atoms with van der Waals surface area (Å²) in [6.07, 6.45) is 0. The molecule has 0 atom stereocenters. The van der Waals surface area contributed by atoms with E-state index in [1.165, 1.54) is 0 Å². The van der Waals surface area contributed by atoms with Crippen molar-refractivity contribution in [1.29, 1.82) is 0 Å². The van der Waals surface area contributed by atoms with Crippen LogP contribution in [0.3, 0.4) is 0 Å². The molecule has 0 aliphatic rings. The van der Waals surface area contributed by atoms with Crippen LogP contribution in [-0.2, 0) is 0 Å². The molecule has 1 heterocycles. The lowest BCUT2D eigenvalue weighted by Gasteiger charge is -1.96. The third-order valence-corrected chi connectivity index (χ3v) is 3.51. The van der Waals surface area contributed by atoms with E-state index in [0.29, 0.717) is 16.8 Å². The maximum Gasteiger partial charge on any atom is 0.248 e. The minimum Gasteiger partial charge on any atom is -0.416 e. The first-order valence-electron chi connectivity index (χ1n) is 5.58. The largest absolute Gasteiger partial charge is 0.416 e. The molecule has 0 fully saturated rings. The predicted molar refractivity (Wildman–Crippen MR) is 82.9 cm³/mol. The van der Waals surface area contributed by atoms with E-state index in [4.69, 9.17) is 16.0 Å². The Morgan fingerprint density at radius 3 is 2.26 bits per heavy atom. The zero-order chi connectivity index (χ0) is 13.2. The second kappa shape index (κ2) is 5.30. The Kier molecular flexibility index (Phi) is 3.52. The van der Waals surface area contributed by atoms with Crippen LogP contribution in [0, 0.1) is 3.57 Å². The topological polar surface area (TPSA) is 38.9 Å². The van der Waals surface area contributed by atoms with Crippen molar-refractivity contribution in [3.63, 3.8) is 0 Å². The fraction of sp³-hybridized carbons (Fsp3) is 0. The second-order valence-corrected chi connectivity index (χ2v) is 5.61. The SMILES string of the molecule is Clc1ccc(-c2nnc(-c3cccc(I)c3)o2)cc1. The van der Waals surface area contributed by atoms with Crippen molar-refractivity contribution in [2.24, 2.45) is 0 Å². The van der Waals surface area contributed by atoms with E-state index in [1.54, 1.807) is 12.1 Å². The zero-order valence-electron chi connectivity index (χ0n) is 9.68. The summed E-state index contributed by atoms with van der Waals surface area (Å²) in [4.78, 5) is 0. The summed E-state index contributed by atoms with van der Waals surface area (Å²) in [5.74, 6) is 1.01. The number of halogens is 2. The van der Waals surface area contributed by atoms with Gasteiger partial charge >= 0.3 is 0 Å². The first-order chi connectivity index (χ1) is 9.22. The van der Waals surface area contributed by atoms with E-state index in [2.05, 4.69) is 32.8 Å². The highest BCUT2D eigenvalue weighted by Crippen LogP contribution is 2.25. The molecule has 0 radical (unpaired) electrons. The highest BCUT2D eigenvalue weighted by atomic mass is 127. The average Bonchev–Trinajstić information content (AvgIpc) is 2.89. The predicted octanol–water partition coefficient (Wildman–Crippen LogP) is 4.66. The molecule has 0 bridgehead atoms.